The molecule has 0 aliphatic rings. The van der Waals surface area contributed by atoms with Gasteiger partial charge in [-0.2, -0.15) is 0 Å². The lowest BCUT2D eigenvalue weighted by Gasteiger charge is -2.06. The summed E-state index contributed by atoms with van der Waals surface area (Å²) in [6, 6.07) is 5.71. The second-order valence-corrected chi connectivity index (χ2v) is 4.26. The number of aryl methyl sites for hydroxylation is 1. The summed E-state index contributed by atoms with van der Waals surface area (Å²) in [5, 5.41) is 16.9. The maximum Gasteiger partial charge on any atom is 0.269 e. The Bertz CT molecular complexity index is 592. The highest BCUT2D eigenvalue weighted by Crippen LogP contribution is 2.14. The second kappa shape index (κ2) is 4.92. The molecule has 0 saturated carbocycles. The van der Waals surface area contributed by atoms with Crippen molar-refractivity contribution in [3.05, 3.63) is 40.4 Å². The standard InChI is InChI=1S/C11H9N3O3S/c1-6-9(18-14-13-6)10(15)12-8-4-2-7(3-5-8)11(16)17/h2-5H,1H3,(H,12,15)(H,16,17)/p-1. The number of carbonyl (C=O) groups excluding carboxylic acids is 2. The van der Waals surface area contributed by atoms with Crippen LogP contribution in [0, 0.1) is 6.92 Å². The Hall–Kier alpha value is -2.28. The van der Waals surface area contributed by atoms with Gasteiger partial charge in [-0.05, 0) is 36.2 Å². The average Bonchev–Trinajstić information content (AvgIpc) is 2.76. The molecule has 1 heterocycles. The summed E-state index contributed by atoms with van der Waals surface area (Å²) < 4.78 is 3.67. The lowest BCUT2D eigenvalue weighted by molar-refractivity contribution is -0.255. The van der Waals surface area contributed by atoms with E-state index in [1.54, 1.807) is 6.92 Å². The highest BCUT2D eigenvalue weighted by atomic mass is 32.1. The van der Waals surface area contributed by atoms with Gasteiger partial charge in [-0.3, -0.25) is 4.79 Å². The van der Waals surface area contributed by atoms with Crippen LogP contribution in [-0.2, 0) is 0 Å². The summed E-state index contributed by atoms with van der Waals surface area (Å²) >= 11 is 1.01. The fraction of sp³-hybridized carbons (Fsp3) is 0.0909. The Balaban J connectivity index is 2.13. The molecular formula is C11H8N3O3S-. The van der Waals surface area contributed by atoms with Gasteiger partial charge in [-0.15, -0.1) is 5.10 Å². The van der Waals surface area contributed by atoms with Crippen LogP contribution in [0.5, 0.6) is 0 Å². The molecule has 2 rings (SSSR count). The maximum atomic E-state index is 11.8. The molecule has 0 radical (unpaired) electrons. The van der Waals surface area contributed by atoms with E-state index in [4.69, 9.17) is 0 Å². The third kappa shape index (κ3) is 2.51. The highest BCUT2D eigenvalue weighted by Gasteiger charge is 2.12. The molecule has 0 unspecified atom stereocenters. The molecule has 0 saturated heterocycles. The Labute approximate surface area is 106 Å². The van der Waals surface area contributed by atoms with Crippen LogP contribution in [0.25, 0.3) is 0 Å². The average molecular weight is 262 g/mol. The fourth-order valence-corrected chi connectivity index (χ4v) is 1.87. The van der Waals surface area contributed by atoms with E-state index in [2.05, 4.69) is 14.9 Å². The summed E-state index contributed by atoms with van der Waals surface area (Å²) in [6.45, 7) is 1.69. The maximum absolute atomic E-state index is 11.8. The Morgan fingerprint density at radius 1 is 1.28 bits per heavy atom. The van der Waals surface area contributed by atoms with E-state index in [1.807, 2.05) is 0 Å². The van der Waals surface area contributed by atoms with Crippen LogP contribution in [0.2, 0.25) is 0 Å². The lowest BCUT2D eigenvalue weighted by Crippen LogP contribution is -2.22. The number of benzene rings is 1. The number of aromatic nitrogens is 2. The van der Waals surface area contributed by atoms with E-state index in [0.717, 1.165) is 11.5 Å². The first-order chi connectivity index (χ1) is 8.58. The van der Waals surface area contributed by atoms with E-state index in [1.165, 1.54) is 24.3 Å². The largest absolute Gasteiger partial charge is 0.545 e. The first-order valence-corrected chi connectivity index (χ1v) is 5.77. The Morgan fingerprint density at radius 2 is 1.94 bits per heavy atom. The molecule has 1 N–H and O–H groups in total. The molecule has 1 aromatic carbocycles. The van der Waals surface area contributed by atoms with Gasteiger partial charge < -0.3 is 15.2 Å². The zero-order chi connectivity index (χ0) is 13.1. The zero-order valence-corrected chi connectivity index (χ0v) is 10.2. The van der Waals surface area contributed by atoms with Gasteiger partial charge in [0, 0.05) is 5.69 Å². The SMILES string of the molecule is Cc1nnsc1C(=O)Nc1ccc(C(=O)[O-])cc1. The number of carboxylic acid groups (broad SMARTS) is 1. The van der Waals surface area contributed by atoms with Crippen LogP contribution in [0.3, 0.4) is 0 Å². The van der Waals surface area contributed by atoms with Crippen LogP contribution in [0.1, 0.15) is 25.7 Å². The lowest BCUT2D eigenvalue weighted by atomic mass is 10.2. The van der Waals surface area contributed by atoms with E-state index < -0.39 is 5.97 Å². The van der Waals surface area contributed by atoms with Crippen LogP contribution in [0.15, 0.2) is 24.3 Å². The van der Waals surface area contributed by atoms with Crippen molar-refractivity contribution in [2.24, 2.45) is 0 Å². The quantitative estimate of drug-likeness (QED) is 0.867. The van der Waals surface area contributed by atoms with Crippen LogP contribution < -0.4 is 10.4 Å². The van der Waals surface area contributed by atoms with Crippen molar-refractivity contribution in [3.8, 4) is 0 Å². The van der Waals surface area contributed by atoms with Gasteiger partial charge in [-0.25, -0.2) is 0 Å². The van der Waals surface area contributed by atoms with E-state index in [9.17, 15) is 14.7 Å². The van der Waals surface area contributed by atoms with Crippen molar-refractivity contribution in [1.29, 1.82) is 0 Å². The molecule has 0 aliphatic carbocycles. The smallest absolute Gasteiger partial charge is 0.269 e. The molecule has 0 spiro atoms. The molecule has 7 heteroatoms. The fourth-order valence-electron chi connectivity index (χ4n) is 1.32. The number of carbonyl (C=O) groups is 2. The molecule has 6 nitrogen and oxygen atoms in total. The summed E-state index contributed by atoms with van der Waals surface area (Å²) in [5.41, 5.74) is 1.12. The van der Waals surface area contributed by atoms with Gasteiger partial charge >= 0.3 is 0 Å². The topological polar surface area (TPSA) is 95.0 Å². The van der Waals surface area contributed by atoms with Crippen LogP contribution in [0.4, 0.5) is 5.69 Å². The van der Waals surface area contributed by atoms with Crippen molar-refractivity contribution in [3.63, 3.8) is 0 Å². The normalized spacial score (nSPS) is 10.1. The molecule has 18 heavy (non-hydrogen) atoms. The van der Waals surface area contributed by atoms with Crippen molar-refractivity contribution < 1.29 is 14.7 Å². The van der Waals surface area contributed by atoms with Crippen molar-refractivity contribution in [2.45, 2.75) is 6.92 Å². The number of amides is 1. The monoisotopic (exact) mass is 262 g/mol. The summed E-state index contributed by atoms with van der Waals surface area (Å²) in [4.78, 5) is 22.8. The third-order valence-electron chi connectivity index (χ3n) is 2.24. The van der Waals surface area contributed by atoms with Crippen molar-refractivity contribution >= 4 is 29.1 Å². The minimum atomic E-state index is -1.25. The predicted molar refractivity (Wildman–Crippen MR) is 63.4 cm³/mol. The Kier molecular flexibility index (Phi) is 3.33. The number of carboxylic acids is 1. The van der Waals surface area contributed by atoms with Crippen molar-refractivity contribution in [1.82, 2.24) is 9.59 Å². The first kappa shape index (κ1) is 12.2. The minimum Gasteiger partial charge on any atom is -0.545 e. The molecule has 92 valence electrons. The van der Waals surface area contributed by atoms with E-state index in [0.29, 0.717) is 16.3 Å². The summed E-state index contributed by atoms with van der Waals surface area (Å²) in [5.74, 6) is -1.57. The molecule has 0 aliphatic heterocycles. The van der Waals surface area contributed by atoms with Gasteiger partial charge in [-0.1, -0.05) is 16.6 Å². The van der Waals surface area contributed by atoms with Gasteiger partial charge in [0.2, 0.25) is 0 Å². The molecule has 0 atom stereocenters. The molecule has 0 fully saturated rings. The van der Waals surface area contributed by atoms with Crippen molar-refractivity contribution in [2.75, 3.05) is 5.32 Å². The number of aromatic carboxylic acids is 1. The molecule has 1 amide bonds. The highest BCUT2D eigenvalue weighted by molar-refractivity contribution is 7.08. The van der Waals surface area contributed by atoms with Crippen LogP contribution >= 0.6 is 11.5 Å². The predicted octanol–water partition coefficient (Wildman–Crippen LogP) is 0.462. The van der Waals surface area contributed by atoms with Crippen LogP contribution in [-0.4, -0.2) is 21.5 Å². The molecule has 1 aromatic heterocycles. The van der Waals surface area contributed by atoms with Gasteiger partial charge in [0.25, 0.3) is 5.91 Å². The van der Waals surface area contributed by atoms with Gasteiger partial charge in [0.05, 0.1) is 11.7 Å². The number of nitrogens with zero attached hydrogens (tertiary/aromatic N) is 2. The number of hydrogen-bond acceptors (Lipinski definition) is 6. The van der Waals surface area contributed by atoms with Gasteiger partial charge in [0.1, 0.15) is 4.88 Å². The number of anilines is 1. The summed E-state index contributed by atoms with van der Waals surface area (Å²) in [6.07, 6.45) is 0. The number of hydrogen-bond donors (Lipinski definition) is 1. The zero-order valence-electron chi connectivity index (χ0n) is 9.34. The third-order valence-corrected chi connectivity index (χ3v) is 3.06. The van der Waals surface area contributed by atoms with E-state index >= 15 is 0 Å². The first-order valence-electron chi connectivity index (χ1n) is 4.99. The van der Waals surface area contributed by atoms with E-state index in [-0.39, 0.29) is 11.5 Å². The number of rotatable bonds is 3. The molecule has 2 aromatic rings. The molecule has 0 bridgehead atoms. The molecular weight excluding hydrogens is 254 g/mol. The minimum absolute atomic E-state index is 0.0589. The number of nitrogens with one attached hydrogen (secondary N) is 1. The summed E-state index contributed by atoms with van der Waals surface area (Å²) in [7, 11) is 0. The van der Waals surface area contributed by atoms with Gasteiger partial charge in [0.15, 0.2) is 0 Å². The Morgan fingerprint density at radius 3 is 2.44 bits per heavy atom. The second-order valence-electron chi connectivity index (χ2n) is 3.51.